The first kappa shape index (κ1) is 17.1. The maximum atomic E-state index is 13.5. The number of carbonyl (C=O) groups excluding carboxylic acids is 1. The van der Waals surface area contributed by atoms with E-state index in [2.05, 4.69) is 15.1 Å². The van der Waals surface area contributed by atoms with Gasteiger partial charge in [0.05, 0.1) is 30.0 Å². The number of fused-ring (bicyclic) bond motifs is 2. The highest BCUT2D eigenvalue weighted by Gasteiger charge is 2.21. The molecule has 5 rings (SSSR count). The van der Waals surface area contributed by atoms with Crippen molar-refractivity contribution in [2.24, 2.45) is 0 Å². The van der Waals surface area contributed by atoms with Crippen LogP contribution in [0.1, 0.15) is 10.4 Å². The molecule has 0 bridgehead atoms. The van der Waals surface area contributed by atoms with Crippen LogP contribution < -0.4 is 0 Å². The summed E-state index contributed by atoms with van der Waals surface area (Å²) in [6.45, 7) is 0. The van der Waals surface area contributed by atoms with Gasteiger partial charge in [-0.25, -0.2) is 23.8 Å². The molecule has 0 unspecified atom stereocenters. The Bertz CT molecular complexity index is 1390. The zero-order valence-electron chi connectivity index (χ0n) is 15.2. The number of halogens is 1. The van der Waals surface area contributed by atoms with E-state index in [1.54, 1.807) is 16.9 Å². The third kappa shape index (κ3) is 2.82. The maximum absolute atomic E-state index is 13.5. The van der Waals surface area contributed by atoms with E-state index in [9.17, 15) is 9.18 Å². The van der Waals surface area contributed by atoms with Crippen molar-refractivity contribution in [3.05, 3.63) is 72.3 Å². The van der Waals surface area contributed by atoms with Gasteiger partial charge in [-0.2, -0.15) is 5.10 Å². The average molecular weight is 388 g/mol. The van der Waals surface area contributed by atoms with Gasteiger partial charge in [-0.05, 0) is 24.3 Å². The third-order valence-corrected chi connectivity index (χ3v) is 4.57. The number of ether oxygens (including phenoxy) is 1. The summed E-state index contributed by atoms with van der Waals surface area (Å²) >= 11 is 0. The molecule has 7 nitrogen and oxygen atoms in total. The molecule has 0 saturated heterocycles. The summed E-state index contributed by atoms with van der Waals surface area (Å²) in [5.74, 6) is -0.422. The fraction of sp³-hybridized carbons (Fsp3) is 0.0476. The summed E-state index contributed by atoms with van der Waals surface area (Å²) in [7, 11) is 1.29. The number of rotatable bonds is 3. The van der Waals surface area contributed by atoms with Crippen LogP contribution in [0.15, 0.2) is 65.3 Å². The van der Waals surface area contributed by atoms with E-state index in [1.165, 1.54) is 31.5 Å². The number of nitrogens with zero attached hydrogens (tertiary/aromatic N) is 4. The van der Waals surface area contributed by atoms with E-state index in [0.717, 1.165) is 10.9 Å². The molecule has 0 aliphatic carbocycles. The molecule has 142 valence electrons. The first-order chi connectivity index (χ1) is 14.1. The summed E-state index contributed by atoms with van der Waals surface area (Å²) in [6, 6.07) is 13.3. The predicted molar refractivity (Wildman–Crippen MR) is 103 cm³/mol. The van der Waals surface area contributed by atoms with Gasteiger partial charge in [0.15, 0.2) is 11.4 Å². The van der Waals surface area contributed by atoms with Crippen LogP contribution in [0.3, 0.4) is 0 Å². The van der Waals surface area contributed by atoms with Crippen molar-refractivity contribution in [3.8, 4) is 17.3 Å². The average Bonchev–Trinajstić information content (AvgIpc) is 3.36. The predicted octanol–water partition coefficient (Wildman–Crippen LogP) is 4.15. The van der Waals surface area contributed by atoms with E-state index in [1.807, 2.05) is 24.3 Å². The van der Waals surface area contributed by atoms with E-state index in [-0.39, 0.29) is 17.0 Å². The molecule has 0 spiro atoms. The molecule has 0 amide bonds. The number of aromatic nitrogens is 4. The standard InChI is InChI=1S/C21H13FN4O3/c1-28-21(27)14-9-19(26-17-5-3-2-4-12(17)10-24-26)23-11-15(14)20-25-16-7-6-13(22)8-18(16)29-20/h2-11H,1H3. The monoisotopic (exact) mass is 388 g/mol. The second kappa shape index (κ2) is 6.52. The van der Waals surface area contributed by atoms with Crippen molar-refractivity contribution in [1.82, 2.24) is 19.7 Å². The number of methoxy groups -OCH3 is 1. The second-order valence-electron chi connectivity index (χ2n) is 6.33. The van der Waals surface area contributed by atoms with Crippen LogP contribution in [0.5, 0.6) is 0 Å². The second-order valence-corrected chi connectivity index (χ2v) is 6.33. The number of hydrogen-bond donors (Lipinski definition) is 0. The lowest BCUT2D eigenvalue weighted by atomic mass is 10.1. The van der Waals surface area contributed by atoms with Gasteiger partial charge >= 0.3 is 5.97 Å². The van der Waals surface area contributed by atoms with Gasteiger partial charge in [0, 0.05) is 17.6 Å². The molecular weight excluding hydrogens is 375 g/mol. The number of hydrogen-bond acceptors (Lipinski definition) is 6. The van der Waals surface area contributed by atoms with Gasteiger partial charge in [0.2, 0.25) is 5.89 Å². The molecule has 3 aromatic heterocycles. The quantitative estimate of drug-likeness (QED) is 0.432. The zero-order valence-corrected chi connectivity index (χ0v) is 15.2. The van der Waals surface area contributed by atoms with Crippen molar-refractivity contribution in [1.29, 1.82) is 0 Å². The van der Waals surface area contributed by atoms with Crippen LogP contribution in [-0.4, -0.2) is 32.8 Å². The van der Waals surface area contributed by atoms with Crippen LogP contribution in [0.4, 0.5) is 4.39 Å². The number of carbonyl (C=O) groups is 1. The SMILES string of the molecule is COC(=O)c1cc(-n2ncc3ccccc32)ncc1-c1nc2ccc(F)cc2o1. The summed E-state index contributed by atoms with van der Waals surface area (Å²) < 4.78 is 25.7. The normalized spacial score (nSPS) is 11.2. The van der Waals surface area contributed by atoms with Gasteiger partial charge in [-0.15, -0.1) is 0 Å². The minimum atomic E-state index is -0.575. The molecule has 2 aromatic carbocycles. The molecule has 29 heavy (non-hydrogen) atoms. The highest BCUT2D eigenvalue weighted by Crippen LogP contribution is 2.29. The minimum Gasteiger partial charge on any atom is -0.465 e. The summed E-state index contributed by atoms with van der Waals surface area (Å²) in [6.07, 6.45) is 3.19. The molecule has 0 saturated carbocycles. The fourth-order valence-corrected chi connectivity index (χ4v) is 3.18. The van der Waals surface area contributed by atoms with Crippen LogP contribution >= 0.6 is 0 Å². The summed E-state index contributed by atoms with van der Waals surface area (Å²) in [4.78, 5) is 21.2. The highest BCUT2D eigenvalue weighted by molar-refractivity contribution is 5.97. The third-order valence-electron chi connectivity index (χ3n) is 4.57. The van der Waals surface area contributed by atoms with E-state index >= 15 is 0 Å². The molecule has 0 fully saturated rings. The molecule has 0 radical (unpaired) electrons. The van der Waals surface area contributed by atoms with Crippen molar-refractivity contribution >= 4 is 28.0 Å². The molecule has 5 aromatic rings. The van der Waals surface area contributed by atoms with Crippen LogP contribution in [0.2, 0.25) is 0 Å². The van der Waals surface area contributed by atoms with Crippen molar-refractivity contribution in [3.63, 3.8) is 0 Å². The maximum Gasteiger partial charge on any atom is 0.338 e. The molecule has 0 aliphatic rings. The van der Waals surface area contributed by atoms with E-state index in [0.29, 0.717) is 16.9 Å². The summed E-state index contributed by atoms with van der Waals surface area (Å²) in [5.41, 5.74) is 2.15. The molecule has 3 heterocycles. The van der Waals surface area contributed by atoms with E-state index in [4.69, 9.17) is 9.15 Å². The lowest BCUT2D eigenvalue weighted by Crippen LogP contribution is -2.08. The Hall–Kier alpha value is -4.07. The van der Waals surface area contributed by atoms with Crippen LogP contribution in [-0.2, 0) is 4.74 Å². The van der Waals surface area contributed by atoms with Gasteiger partial charge < -0.3 is 9.15 Å². The highest BCUT2D eigenvalue weighted by atomic mass is 19.1. The Labute approximate surface area is 163 Å². The van der Waals surface area contributed by atoms with Crippen molar-refractivity contribution in [2.45, 2.75) is 0 Å². The van der Waals surface area contributed by atoms with Crippen LogP contribution in [0, 0.1) is 5.82 Å². The molecular formula is C21H13FN4O3. The Morgan fingerprint density at radius 1 is 1.14 bits per heavy atom. The number of para-hydroxylation sites is 1. The summed E-state index contributed by atoms with van der Waals surface area (Å²) in [5, 5.41) is 5.30. The fourth-order valence-electron chi connectivity index (χ4n) is 3.18. The Kier molecular flexibility index (Phi) is 3.83. The molecule has 0 aliphatic heterocycles. The topological polar surface area (TPSA) is 83.0 Å². The van der Waals surface area contributed by atoms with Crippen molar-refractivity contribution in [2.75, 3.05) is 7.11 Å². The minimum absolute atomic E-state index is 0.148. The Morgan fingerprint density at radius 3 is 2.86 bits per heavy atom. The number of benzene rings is 2. The van der Waals surface area contributed by atoms with Gasteiger partial charge in [-0.1, -0.05) is 18.2 Å². The van der Waals surface area contributed by atoms with Gasteiger partial charge in [-0.3, -0.25) is 0 Å². The molecule has 8 heteroatoms. The van der Waals surface area contributed by atoms with Gasteiger partial charge in [0.25, 0.3) is 0 Å². The number of oxazole rings is 1. The largest absolute Gasteiger partial charge is 0.465 e. The Balaban J connectivity index is 1.69. The first-order valence-corrected chi connectivity index (χ1v) is 8.72. The van der Waals surface area contributed by atoms with E-state index < -0.39 is 11.8 Å². The first-order valence-electron chi connectivity index (χ1n) is 8.72. The zero-order chi connectivity index (χ0) is 20.0. The van der Waals surface area contributed by atoms with Crippen LogP contribution in [0.25, 0.3) is 39.3 Å². The molecule has 0 N–H and O–H groups in total. The van der Waals surface area contributed by atoms with Gasteiger partial charge in [0.1, 0.15) is 11.3 Å². The number of pyridine rings is 1. The Morgan fingerprint density at radius 2 is 2.00 bits per heavy atom. The lowest BCUT2D eigenvalue weighted by molar-refractivity contribution is 0.0601. The smallest absolute Gasteiger partial charge is 0.338 e. The van der Waals surface area contributed by atoms with Crippen molar-refractivity contribution < 1.29 is 18.3 Å². The molecule has 0 atom stereocenters. The lowest BCUT2D eigenvalue weighted by Gasteiger charge is -2.08. The number of esters is 1.